The summed E-state index contributed by atoms with van der Waals surface area (Å²) in [5.74, 6) is -2.28. The fourth-order valence-corrected chi connectivity index (χ4v) is 5.59. The Morgan fingerprint density at radius 2 is 1.34 bits per heavy atom. The first-order chi connectivity index (χ1) is 21.2. The van der Waals surface area contributed by atoms with Crippen LogP contribution >= 0.6 is 0 Å². The smallest absolute Gasteiger partial charge is 0.326 e. The molecule has 240 valence electrons. The Balaban J connectivity index is 1.63. The van der Waals surface area contributed by atoms with Gasteiger partial charge in [0.05, 0.1) is 0 Å². The van der Waals surface area contributed by atoms with E-state index in [1.165, 1.54) is 19.3 Å². The molecule has 3 atom stereocenters. The second-order valence-electron chi connectivity index (χ2n) is 12.3. The Labute approximate surface area is 262 Å². The van der Waals surface area contributed by atoms with Gasteiger partial charge in [0.15, 0.2) is 0 Å². The van der Waals surface area contributed by atoms with Crippen LogP contribution in [0.1, 0.15) is 76.3 Å². The summed E-state index contributed by atoms with van der Waals surface area (Å²) < 4.78 is 0. The highest BCUT2D eigenvalue weighted by atomic mass is 16.4. The number of aliphatic carboxylic acids is 1. The lowest BCUT2D eigenvalue weighted by Crippen LogP contribution is -2.56. The lowest BCUT2D eigenvalue weighted by Gasteiger charge is -2.26. The fourth-order valence-electron chi connectivity index (χ4n) is 5.59. The third kappa shape index (κ3) is 12.9. The molecule has 0 saturated carbocycles. The highest BCUT2D eigenvalue weighted by molar-refractivity contribution is 5.93. The molecule has 0 radical (unpaired) electrons. The molecule has 0 unspecified atom stereocenters. The summed E-state index contributed by atoms with van der Waals surface area (Å²) in [6, 6.07) is 15.9. The summed E-state index contributed by atoms with van der Waals surface area (Å²) in [7, 11) is 0. The van der Waals surface area contributed by atoms with Crippen molar-refractivity contribution < 1.29 is 24.3 Å². The molecule has 3 rings (SSSR count). The third-order valence-corrected chi connectivity index (χ3v) is 8.03. The predicted molar refractivity (Wildman–Crippen MR) is 172 cm³/mol. The van der Waals surface area contributed by atoms with Gasteiger partial charge in [-0.3, -0.25) is 14.4 Å². The first-order valence-electron chi connectivity index (χ1n) is 16.1. The summed E-state index contributed by atoms with van der Waals surface area (Å²) in [4.78, 5) is 54.4. The maximum absolute atomic E-state index is 13.6. The molecule has 0 bridgehead atoms. The van der Waals surface area contributed by atoms with E-state index < -0.39 is 35.9 Å². The molecule has 1 aliphatic heterocycles. The Morgan fingerprint density at radius 1 is 0.750 bits per heavy atom. The van der Waals surface area contributed by atoms with E-state index in [0.717, 1.165) is 43.6 Å². The second-order valence-corrected chi connectivity index (χ2v) is 12.3. The summed E-state index contributed by atoms with van der Waals surface area (Å²) >= 11 is 0. The highest BCUT2D eigenvalue weighted by Gasteiger charge is 2.30. The molecule has 0 spiro atoms. The van der Waals surface area contributed by atoms with Crippen LogP contribution in [0.3, 0.4) is 0 Å². The van der Waals surface area contributed by atoms with E-state index in [4.69, 9.17) is 0 Å². The zero-order valence-electron chi connectivity index (χ0n) is 26.3. The molecule has 2 aromatic rings. The van der Waals surface area contributed by atoms with E-state index in [2.05, 4.69) is 20.9 Å². The molecule has 9 heteroatoms. The number of nitrogens with one attached hydrogen (secondary N) is 3. The Kier molecular flexibility index (Phi) is 14.9. The lowest BCUT2D eigenvalue weighted by molar-refractivity contribution is -0.142. The van der Waals surface area contributed by atoms with Gasteiger partial charge in [-0.2, -0.15) is 0 Å². The van der Waals surface area contributed by atoms with Crippen LogP contribution in [0.25, 0.3) is 0 Å². The van der Waals surface area contributed by atoms with E-state index in [-0.39, 0.29) is 18.2 Å². The number of aryl methyl sites for hydroxylation is 1. The molecule has 1 heterocycles. The number of benzene rings is 2. The number of nitrogens with zero attached hydrogens (tertiary/aromatic N) is 1. The standard InChI is InChI=1S/C35H50N4O5/c1-26(2)24-30(34(42)38-31(35(43)44)25-28-16-8-4-9-17-28)37-33(41)29(20-19-27-14-6-3-7-15-27)36-32(40)18-10-13-23-39-21-11-5-12-22-39/h3-4,6-9,14-17,26,29-31H,5,10-13,18-25H2,1-2H3,(H,36,40)(H,37,41)(H,38,42)(H,43,44)/t29-,30-,31-/m0/s1. The van der Waals surface area contributed by atoms with E-state index in [1.54, 1.807) is 0 Å². The molecule has 0 aromatic heterocycles. The molecule has 1 aliphatic rings. The van der Waals surface area contributed by atoms with Gasteiger partial charge in [-0.05, 0) is 81.6 Å². The summed E-state index contributed by atoms with van der Waals surface area (Å²) in [5, 5.41) is 18.2. The molecule has 44 heavy (non-hydrogen) atoms. The molecular formula is C35H50N4O5. The monoisotopic (exact) mass is 606 g/mol. The van der Waals surface area contributed by atoms with Crippen LogP contribution in [0.2, 0.25) is 0 Å². The number of carbonyl (C=O) groups is 4. The summed E-state index contributed by atoms with van der Waals surface area (Å²) in [5.41, 5.74) is 1.83. The number of amides is 3. The topological polar surface area (TPSA) is 128 Å². The molecule has 1 fully saturated rings. The van der Waals surface area contributed by atoms with Crippen molar-refractivity contribution in [3.63, 3.8) is 0 Å². The highest BCUT2D eigenvalue weighted by Crippen LogP contribution is 2.12. The van der Waals surface area contributed by atoms with Gasteiger partial charge in [0.2, 0.25) is 17.7 Å². The summed E-state index contributed by atoms with van der Waals surface area (Å²) in [6.45, 7) is 7.10. The number of carboxylic acid groups (broad SMARTS) is 1. The second kappa shape index (κ2) is 18.8. The summed E-state index contributed by atoms with van der Waals surface area (Å²) in [6.07, 6.45) is 7.16. The molecular weight excluding hydrogens is 556 g/mol. The van der Waals surface area contributed by atoms with E-state index in [9.17, 15) is 24.3 Å². The molecule has 1 saturated heterocycles. The number of carbonyl (C=O) groups excluding carboxylic acids is 3. The van der Waals surface area contributed by atoms with Crippen molar-refractivity contribution in [3.8, 4) is 0 Å². The first kappa shape index (κ1) is 34.8. The van der Waals surface area contributed by atoms with Gasteiger partial charge in [0.25, 0.3) is 0 Å². The maximum atomic E-state index is 13.6. The zero-order valence-corrected chi connectivity index (χ0v) is 26.3. The fraction of sp³-hybridized carbons (Fsp3) is 0.543. The van der Waals surface area contributed by atoms with Gasteiger partial charge < -0.3 is 26.0 Å². The maximum Gasteiger partial charge on any atom is 0.326 e. The van der Waals surface area contributed by atoms with E-state index in [0.29, 0.717) is 25.7 Å². The van der Waals surface area contributed by atoms with Crippen LogP contribution in [-0.4, -0.2) is 71.5 Å². The molecule has 3 amide bonds. The average Bonchev–Trinajstić information content (AvgIpc) is 3.01. The van der Waals surface area contributed by atoms with Crippen molar-refractivity contribution in [2.45, 2.75) is 96.2 Å². The SMILES string of the molecule is CC(C)C[C@H](NC(=O)[C@H](CCc1ccccc1)NC(=O)CCCCN1CCCCC1)C(=O)N[C@@H](Cc1ccccc1)C(=O)O. The van der Waals surface area contributed by atoms with Crippen molar-refractivity contribution in [2.24, 2.45) is 5.92 Å². The normalized spacial score (nSPS) is 15.6. The zero-order chi connectivity index (χ0) is 31.7. The van der Waals surface area contributed by atoms with Gasteiger partial charge in [-0.25, -0.2) is 4.79 Å². The molecule has 2 aromatic carbocycles. The number of unbranched alkanes of at least 4 members (excludes halogenated alkanes) is 1. The molecule has 0 aliphatic carbocycles. The van der Waals surface area contributed by atoms with Gasteiger partial charge >= 0.3 is 5.97 Å². The van der Waals surface area contributed by atoms with Gasteiger partial charge in [-0.15, -0.1) is 0 Å². The van der Waals surface area contributed by atoms with Crippen LogP contribution in [0.4, 0.5) is 0 Å². The lowest BCUT2D eigenvalue weighted by atomic mass is 10.00. The number of hydrogen-bond donors (Lipinski definition) is 4. The number of piperidine rings is 1. The van der Waals surface area contributed by atoms with Crippen molar-refractivity contribution in [3.05, 3.63) is 71.8 Å². The van der Waals surface area contributed by atoms with Crippen molar-refractivity contribution in [1.29, 1.82) is 0 Å². The first-order valence-corrected chi connectivity index (χ1v) is 16.1. The van der Waals surface area contributed by atoms with Gasteiger partial charge in [0.1, 0.15) is 18.1 Å². The quantitative estimate of drug-likeness (QED) is 0.189. The molecule has 9 nitrogen and oxygen atoms in total. The number of rotatable bonds is 18. The van der Waals surface area contributed by atoms with Crippen LogP contribution < -0.4 is 16.0 Å². The average molecular weight is 607 g/mol. The van der Waals surface area contributed by atoms with Gasteiger partial charge in [0, 0.05) is 12.8 Å². The van der Waals surface area contributed by atoms with Crippen LogP contribution in [-0.2, 0) is 32.0 Å². The number of likely N-dealkylation sites (tertiary alicyclic amines) is 1. The van der Waals surface area contributed by atoms with Crippen LogP contribution in [0, 0.1) is 5.92 Å². The van der Waals surface area contributed by atoms with E-state index >= 15 is 0 Å². The minimum atomic E-state index is -1.15. The van der Waals surface area contributed by atoms with Gasteiger partial charge in [-0.1, -0.05) is 80.9 Å². The van der Waals surface area contributed by atoms with E-state index in [1.807, 2.05) is 74.5 Å². The minimum Gasteiger partial charge on any atom is -0.480 e. The number of hydrogen-bond acceptors (Lipinski definition) is 5. The Bertz CT molecular complexity index is 1170. The number of carboxylic acids is 1. The minimum absolute atomic E-state index is 0.0562. The Morgan fingerprint density at radius 3 is 1.95 bits per heavy atom. The van der Waals surface area contributed by atoms with Crippen molar-refractivity contribution in [2.75, 3.05) is 19.6 Å². The van der Waals surface area contributed by atoms with Crippen LogP contribution in [0.15, 0.2) is 60.7 Å². The predicted octanol–water partition coefficient (Wildman–Crippen LogP) is 4.10. The largest absolute Gasteiger partial charge is 0.480 e. The Hall–Kier alpha value is -3.72. The van der Waals surface area contributed by atoms with Crippen LogP contribution in [0.5, 0.6) is 0 Å². The van der Waals surface area contributed by atoms with Crippen molar-refractivity contribution in [1.82, 2.24) is 20.9 Å². The van der Waals surface area contributed by atoms with Crippen molar-refractivity contribution >= 4 is 23.7 Å². The molecule has 4 N–H and O–H groups in total. The third-order valence-electron chi connectivity index (χ3n) is 8.03.